The van der Waals surface area contributed by atoms with E-state index >= 15 is 8.78 Å². The average molecular weight is 636 g/mol. The molecule has 12 heteroatoms. The number of alkyl halides is 1. The predicted molar refractivity (Wildman–Crippen MR) is 166 cm³/mol. The highest BCUT2D eigenvalue weighted by Crippen LogP contribution is 2.46. The Balaban J connectivity index is 1.34. The number of pyridine rings is 1. The number of phenols is 1. The number of rotatable bonds is 5. The molecule has 2 aromatic carbocycles. The number of nitrogens with zero attached hydrogens (tertiary/aromatic N) is 5. The second-order valence-corrected chi connectivity index (χ2v) is 13.2. The van der Waals surface area contributed by atoms with E-state index < -0.39 is 28.9 Å². The van der Waals surface area contributed by atoms with Crippen LogP contribution in [0.4, 0.5) is 19.0 Å². The zero-order chi connectivity index (χ0) is 31.8. The van der Waals surface area contributed by atoms with E-state index in [1.807, 2.05) is 18.9 Å². The standard InChI is InChI=1S/C34H36F3N5O4/c1-3-22-24(36)6-5-19-13-21(43)14-23(25(19)22)28-27(37)29-26-30(41(2)33(8-11-44-17-33)9-12-45-31(26)38-28)40-32(39-29)46-18-34-7-4-10-42(34)16-20(35)15-34/h5-6,13-14,20,43H,3-4,7-12,15-18H2,1-2H3/t20-,33?,34+/m1/s1. The lowest BCUT2D eigenvalue weighted by Gasteiger charge is -2.40. The van der Waals surface area contributed by atoms with Crippen LogP contribution < -0.4 is 14.4 Å². The van der Waals surface area contributed by atoms with E-state index in [0.29, 0.717) is 66.6 Å². The van der Waals surface area contributed by atoms with E-state index in [9.17, 15) is 9.50 Å². The van der Waals surface area contributed by atoms with Gasteiger partial charge in [0, 0.05) is 38.6 Å². The van der Waals surface area contributed by atoms with Crippen LogP contribution in [0.3, 0.4) is 0 Å². The van der Waals surface area contributed by atoms with Crippen LogP contribution in [0.5, 0.6) is 17.6 Å². The monoisotopic (exact) mass is 635 g/mol. The number of ether oxygens (including phenoxy) is 3. The van der Waals surface area contributed by atoms with Gasteiger partial charge in [0.1, 0.15) is 46.8 Å². The van der Waals surface area contributed by atoms with Crippen molar-refractivity contribution in [1.29, 1.82) is 0 Å². The number of likely N-dealkylation sites (N-methyl/N-ethyl adjacent to an activating group) is 1. The predicted octanol–water partition coefficient (Wildman–Crippen LogP) is 5.72. The molecule has 0 saturated carbocycles. The summed E-state index contributed by atoms with van der Waals surface area (Å²) in [5.41, 5.74) is -0.468. The quantitative estimate of drug-likeness (QED) is 0.296. The summed E-state index contributed by atoms with van der Waals surface area (Å²) >= 11 is 0. The van der Waals surface area contributed by atoms with Crippen molar-refractivity contribution in [3.05, 3.63) is 41.5 Å². The molecule has 4 aromatic rings. The van der Waals surface area contributed by atoms with Gasteiger partial charge in [0.05, 0.1) is 24.3 Å². The molecule has 0 bridgehead atoms. The van der Waals surface area contributed by atoms with Crippen molar-refractivity contribution in [1.82, 2.24) is 19.9 Å². The molecule has 3 saturated heterocycles. The summed E-state index contributed by atoms with van der Waals surface area (Å²) in [5, 5.41) is 12.0. The van der Waals surface area contributed by atoms with Crippen molar-refractivity contribution in [2.24, 2.45) is 0 Å². The number of aromatic nitrogens is 3. The molecule has 8 rings (SSSR count). The summed E-state index contributed by atoms with van der Waals surface area (Å²) in [6.07, 6.45) is 2.88. The highest BCUT2D eigenvalue weighted by molar-refractivity contribution is 6.03. The molecule has 4 aliphatic heterocycles. The summed E-state index contributed by atoms with van der Waals surface area (Å²) in [6, 6.07) is 5.79. The van der Waals surface area contributed by atoms with E-state index in [4.69, 9.17) is 19.2 Å². The molecular weight excluding hydrogens is 599 g/mol. The third-order valence-corrected chi connectivity index (χ3v) is 10.6. The number of phenolic OH excluding ortho intramolecular Hbond substituents is 1. The lowest BCUT2D eigenvalue weighted by atomic mass is 9.91. The van der Waals surface area contributed by atoms with E-state index in [-0.39, 0.29) is 47.6 Å². The second-order valence-electron chi connectivity index (χ2n) is 13.2. The van der Waals surface area contributed by atoms with E-state index in [1.165, 1.54) is 18.2 Å². The van der Waals surface area contributed by atoms with Gasteiger partial charge in [-0.3, -0.25) is 4.90 Å². The average Bonchev–Trinajstić information content (AvgIpc) is 3.75. The molecular formula is C34H36F3N5O4. The first kappa shape index (κ1) is 29.5. The number of halogens is 3. The van der Waals surface area contributed by atoms with Crippen molar-refractivity contribution < 1.29 is 32.5 Å². The van der Waals surface area contributed by atoms with Crippen LogP contribution in [0.1, 0.15) is 44.6 Å². The lowest BCUT2D eigenvalue weighted by Crippen LogP contribution is -2.49. The third kappa shape index (κ3) is 4.47. The Labute approximate surface area is 264 Å². The SMILES string of the molecule is CCc1c(F)ccc2cc(O)cc(-c3nc4c5c(nc(OC[C@@]67CCCN6C[C@H](F)C7)nc5c3F)N(C)C3(CCOC3)CCO4)c12. The molecule has 9 nitrogen and oxygen atoms in total. The number of aryl methyl sites for hydroxylation is 1. The number of hydrogen-bond donors (Lipinski definition) is 1. The minimum absolute atomic E-state index is 0.0319. The van der Waals surface area contributed by atoms with Gasteiger partial charge in [0.25, 0.3) is 0 Å². The number of hydrogen-bond acceptors (Lipinski definition) is 9. The van der Waals surface area contributed by atoms with Gasteiger partial charge in [-0.1, -0.05) is 13.0 Å². The number of anilines is 1. The zero-order valence-electron chi connectivity index (χ0n) is 25.9. The molecule has 0 radical (unpaired) electrons. The lowest BCUT2D eigenvalue weighted by molar-refractivity contribution is 0.107. The molecule has 242 valence electrons. The van der Waals surface area contributed by atoms with Gasteiger partial charge < -0.3 is 24.2 Å². The van der Waals surface area contributed by atoms with Gasteiger partial charge in [0.15, 0.2) is 5.82 Å². The minimum atomic E-state index is -0.927. The summed E-state index contributed by atoms with van der Waals surface area (Å²) < 4.78 is 65.0. The van der Waals surface area contributed by atoms with Crippen LogP contribution in [0.2, 0.25) is 0 Å². The van der Waals surface area contributed by atoms with Crippen LogP contribution in [0, 0.1) is 11.6 Å². The van der Waals surface area contributed by atoms with Crippen molar-refractivity contribution in [3.8, 4) is 28.9 Å². The van der Waals surface area contributed by atoms with Gasteiger partial charge in [-0.15, -0.1) is 0 Å². The van der Waals surface area contributed by atoms with E-state index in [2.05, 4.69) is 14.9 Å². The summed E-state index contributed by atoms with van der Waals surface area (Å²) in [5.74, 6) is -0.779. The fourth-order valence-corrected chi connectivity index (χ4v) is 8.16. The van der Waals surface area contributed by atoms with Gasteiger partial charge in [-0.25, -0.2) is 18.2 Å². The molecule has 1 unspecified atom stereocenters. The fourth-order valence-electron chi connectivity index (χ4n) is 8.16. The zero-order valence-corrected chi connectivity index (χ0v) is 25.9. The maximum absolute atomic E-state index is 17.0. The molecule has 46 heavy (non-hydrogen) atoms. The van der Waals surface area contributed by atoms with Crippen LogP contribution in [0.15, 0.2) is 24.3 Å². The molecule has 1 N–H and O–H groups in total. The molecule has 4 aliphatic rings. The fraction of sp³-hybridized carbons (Fsp3) is 0.500. The van der Waals surface area contributed by atoms with Gasteiger partial charge in [0.2, 0.25) is 5.88 Å². The van der Waals surface area contributed by atoms with Gasteiger partial charge in [-0.05, 0) is 66.8 Å². The summed E-state index contributed by atoms with van der Waals surface area (Å²) in [7, 11) is 1.91. The molecule has 6 heterocycles. The first-order chi connectivity index (χ1) is 22.2. The summed E-state index contributed by atoms with van der Waals surface area (Å²) in [6.45, 7) is 4.49. The molecule has 3 atom stereocenters. The highest BCUT2D eigenvalue weighted by Gasteiger charge is 2.49. The molecule has 0 amide bonds. The van der Waals surface area contributed by atoms with Crippen molar-refractivity contribution in [2.45, 2.75) is 62.7 Å². The second kappa shape index (κ2) is 10.8. The van der Waals surface area contributed by atoms with Gasteiger partial charge >= 0.3 is 6.01 Å². The van der Waals surface area contributed by atoms with Gasteiger partial charge in [-0.2, -0.15) is 9.97 Å². The summed E-state index contributed by atoms with van der Waals surface area (Å²) in [4.78, 5) is 18.2. The normalized spacial score (nSPS) is 26.1. The van der Waals surface area contributed by atoms with Crippen LogP contribution >= 0.6 is 0 Å². The van der Waals surface area contributed by atoms with Crippen LogP contribution in [-0.4, -0.2) is 88.8 Å². The Morgan fingerprint density at radius 3 is 2.74 bits per heavy atom. The number of benzene rings is 2. The van der Waals surface area contributed by atoms with E-state index in [1.54, 1.807) is 6.07 Å². The minimum Gasteiger partial charge on any atom is -0.508 e. The third-order valence-electron chi connectivity index (χ3n) is 10.6. The Hall–Kier alpha value is -3.90. The Morgan fingerprint density at radius 2 is 1.93 bits per heavy atom. The first-order valence-corrected chi connectivity index (χ1v) is 16.0. The van der Waals surface area contributed by atoms with Crippen molar-refractivity contribution in [3.63, 3.8) is 0 Å². The van der Waals surface area contributed by atoms with Crippen LogP contribution in [-0.2, 0) is 11.2 Å². The number of aromatic hydroxyl groups is 1. The molecule has 3 fully saturated rings. The first-order valence-electron chi connectivity index (χ1n) is 16.0. The Bertz CT molecular complexity index is 1870. The number of fused-ring (bicyclic) bond motifs is 2. The Kier molecular flexibility index (Phi) is 6.95. The molecule has 0 aliphatic carbocycles. The highest BCUT2D eigenvalue weighted by atomic mass is 19.1. The largest absolute Gasteiger partial charge is 0.508 e. The van der Waals surface area contributed by atoms with Crippen molar-refractivity contribution >= 4 is 27.5 Å². The smallest absolute Gasteiger partial charge is 0.319 e. The molecule has 2 aromatic heterocycles. The topological polar surface area (TPSA) is 93.1 Å². The van der Waals surface area contributed by atoms with Crippen LogP contribution in [0.25, 0.3) is 32.9 Å². The maximum atomic E-state index is 17.0. The maximum Gasteiger partial charge on any atom is 0.319 e. The molecule has 1 spiro atoms. The van der Waals surface area contributed by atoms with E-state index in [0.717, 1.165) is 25.8 Å². The van der Waals surface area contributed by atoms with Crippen molar-refractivity contribution in [2.75, 3.05) is 51.5 Å². The Morgan fingerprint density at radius 1 is 1.09 bits per heavy atom.